The fourth-order valence-corrected chi connectivity index (χ4v) is 3.57. The maximum Gasteiger partial charge on any atom is 0.226 e. The number of hydrogen-bond donors (Lipinski definition) is 2. The first-order valence-electron chi connectivity index (χ1n) is 7.53. The zero-order chi connectivity index (χ0) is 13.9. The van der Waals surface area contributed by atoms with Crippen LogP contribution < -0.4 is 5.32 Å². The highest BCUT2D eigenvalue weighted by molar-refractivity contribution is 5.87. The maximum atomic E-state index is 12.5. The van der Waals surface area contributed by atoms with Crippen LogP contribution >= 0.6 is 0 Å². The summed E-state index contributed by atoms with van der Waals surface area (Å²) in [5.41, 5.74) is -0.210. The molecule has 110 valence electrons. The molecule has 1 aliphatic carbocycles. The van der Waals surface area contributed by atoms with Crippen LogP contribution in [0.3, 0.4) is 0 Å². The van der Waals surface area contributed by atoms with Gasteiger partial charge in [0.05, 0.1) is 5.41 Å². The predicted molar refractivity (Wildman–Crippen MR) is 73.7 cm³/mol. The van der Waals surface area contributed by atoms with Gasteiger partial charge < -0.3 is 15.2 Å². The summed E-state index contributed by atoms with van der Waals surface area (Å²) in [6, 6.07) is 0. The van der Waals surface area contributed by atoms with Gasteiger partial charge in [-0.2, -0.15) is 0 Å². The number of hydrogen-bond acceptors (Lipinski definition) is 3. The van der Waals surface area contributed by atoms with Crippen molar-refractivity contribution in [2.24, 2.45) is 16.7 Å². The first kappa shape index (κ1) is 14.8. The molecule has 1 saturated heterocycles. The van der Waals surface area contributed by atoms with Crippen LogP contribution in [0.5, 0.6) is 0 Å². The fourth-order valence-electron chi connectivity index (χ4n) is 3.57. The monoisotopic (exact) mass is 269 g/mol. The molecule has 0 aromatic rings. The van der Waals surface area contributed by atoms with E-state index in [-0.39, 0.29) is 23.3 Å². The van der Waals surface area contributed by atoms with E-state index in [9.17, 15) is 9.90 Å². The molecule has 1 spiro atoms. The van der Waals surface area contributed by atoms with Crippen LogP contribution in [0.25, 0.3) is 0 Å². The molecule has 1 unspecified atom stereocenters. The van der Waals surface area contributed by atoms with Crippen LogP contribution in [0.4, 0.5) is 0 Å². The minimum atomic E-state index is -0.317. The van der Waals surface area contributed by atoms with Crippen molar-refractivity contribution in [2.45, 2.75) is 46.0 Å². The summed E-state index contributed by atoms with van der Waals surface area (Å²) >= 11 is 0. The normalized spacial score (nSPS) is 28.6. The van der Waals surface area contributed by atoms with Gasteiger partial charge in [-0.25, -0.2) is 0 Å². The van der Waals surface area contributed by atoms with Gasteiger partial charge in [0.1, 0.15) is 0 Å². The van der Waals surface area contributed by atoms with Crippen molar-refractivity contribution >= 4 is 5.91 Å². The molecule has 1 aliphatic heterocycles. The summed E-state index contributed by atoms with van der Waals surface area (Å²) in [4.78, 5) is 12.5. The Morgan fingerprint density at radius 3 is 2.63 bits per heavy atom. The summed E-state index contributed by atoms with van der Waals surface area (Å²) in [7, 11) is 0. The van der Waals surface area contributed by atoms with Crippen LogP contribution in [0.2, 0.25) is 0 Å². The topological polar surface area (TPSA) is 58.6 Å². The van der Waals surface area contributed by atoms with E-state index in [1.165, 1.54) is 0 Å². The van der Waals surface area contributed by atoms with Crippen molar-refractivity contribution in [3.8, 4) is 0 Å². The standard InChI is InChI=1S/C15H27NO3/c1-12(2)3-7-16-13(18)15(4-8-17)11-14(15)5-9-19-10-6-14/h12,17H,3-11H2,1-2H3,(H,16,18). The van der Waals surface area contributed by atoms with Crippen molar-refractivity contribution in [3.63, 3.8) is 0 Å². The maximum absolute atomic E-state index is 12.5. The molecule has 19 heavy (non-hydrogen) atoms. The highest BCUT2D eigenvalue weighted by Gasteiger charge is 2.70. The molecule has 2 N–H and O–H groups in total. The second-order valence-corrected chi connectivity index (χ2v) is 6.56. The van der Waals surface area contributed by atoms with E-state index in [1.54, 1.807) is 0 Å². The Bertz CT molecular complexity index is 323. The Morgan fingerprint density at radius 1 is 1.37 bits per heavy atom. The molecule has 1 saturated carbocycles. The van der Waals surface area contributed by atoms with Crippen molar-refractivity contribution < 1.29 is 14.6 Å². The number of carbonyl (C=O) groups is 1. The molecule has 0 aromatic heterocycles. The third kappa shape index (κ3) is 2.79. The Morgan fingerprint density at radius 2 is 2.05 bits per heavy atom. The fraction of sp³-hybridized carbons (Fsp3) is 0.933. The van der Waals surface area contributed by atoms with Gasteiger partial charge in [-0.3, -0.25) is 4.79 Å². The van der Waals surface area contributed by atoms with Crippen molar-refractivity contribution in [3.05, 3.63) is 0 Å². The number of rotatable bonds is 6. The number of carbonyl (C=O) groups excluding carboxylic acids is 1. The van der Waals surface area contributed by atoms with E-state index in [4.69, 9.17) is 4.74 Å². The number of aliphatic hydroxyl groups excluding tert-OH is 1. The van der Waals surface area contributed by atoms with E-state index in [0.29, 0.717) is 12.3 Å². The summed E-state index contributed by atoms with van der Waals surface area (Å²) in [5, 5.41) is 12.4. The molecule has 1 amide bonds. The predicted octanol–water partition coefficient (Wildman–Crippen LogP) is 1.72. The molecular weight excluding hydrogens is 242 g/mol. The van der Waals surface area contributed by atoms with Crippen LogP contribution in [0, 0.1) is 16.7 Å². The van der Waals surface area contributed by atoms with E-state index in [0.717, 1.165) is 45.4 Å². The third-order valence-electron chi connectivity index (χ3n) is 4.96. The number of nitrogens with one attached hydrogen (secondary N) is 1. The summed E-state index contributed by atoms with van der Waals surface area (Å²) in [5.74, 6) is 0.759. The highest BCUT2D eigenvalue weighted by Crippen LogP contribution is 2.70. The highest BCUT2D eigenvalue weighted by atomic mass is 16.5. The summed E-state index contributed by atoms with van der Waals surface area (Å²) < 4.78 is 5.41. The molecule has 4 heteroatoms. The Kier molecular flexibility index (Phi) is 4.51. The van der Waals surface area contributed by atoms with Crippen molar-refractivity contribution in [2.75, 3.05) is 26.4 Å². The van der Waals surface area contributed by atoms with Gasteiger partial charge in [-0.05, 0) is 43.4 Å². The second kappa shape index (κ2) is 5.80. The summed E-state index contributed by atoms with van der Waals surface area (Å²) in [6.45, 7) is 6.68. The van der Waals surface area contributed by atoms with E-state index in [2.05, 4.69) is 19.2 Å². The van der Waals surface area contributed by atoms with Gasteiger partial charge >= 0.3 is 0 Å². The van der Waals surface area contributed by atoms with Gasteiger partial charge in [0.2, 0.25) is 5.91 Å². The Balaban J connectivity index is 1.95. The van der Waals surface area contributed by atoms with Crippen LogP contribution in [0.1, 0.15) is 46.0 Å². The van der Waals surface area contributed by atoms with Crippen LogP contribution in [-0.2, 0) is 9.53 Å². The lowest BCUT2D eigenvalue weighted by Gasteiger charge is -2.28. The zero-order valence-electron chi connectivity index (χ0n) is 12.2. The van der Waals surface area contributed by atoms with Crippen LogP contribution in [-0.4, -0.2) is 37.4 Å². The number of ether oxygens (including phenoxy) is 1. The molecule has 1 atom stereocenters. The lowest BCUT2D eigenvalue weighted by atomic mass is 9.83. The van der Waals surface area contributed by atoms with Crippen molar-refractivity contribution in [1.82, 2.24) is 5.32 Å². The molecule has 0 aromatic carbocycles. The molecule has 2 rings (SSSR count). The molecule has 0 radical (unpaired) electrons. The lowest BCUT2D eigenvalue weighted by Crippen LogP contribution is -2.38. The Labute approximate surface area is 115 Å². The number of aliphatic hydroxyl groups is 1. The molecule has 4 nitrogen and oxygen atoms in total. The number of amides is 1. The summed E-state index contributed by atoms with van der Waals surface area (Å²) in [6.07, 6.45) is 4.46. The molecule has 2 fully saturated rings. The first-order chi connectivity index (χ1) is 9.06. The minimum Gasteiger partial charge on any atom is -0.396 e. The smallest absolute Gasteiger partial charge is 0.226 e. The molecule has 0 bridgehead atoms. The van der Waals surface area contributed by atoms with Gasteiger partial charge in [-0.15, -0.1) is 0 Å². The minimum absolute atomic E-state index is 0.0974. The quantitative estimate of drug-likeness (QED) is 0.772. The Hall–Kier alpha value is -0.610. The molecule has 2 aliphatic rings. The van der Waals surface area contributed by atoms with Gasteiger partial charge in [-0.1, -0.05) is 13.8 Å². The molecule has 1 heterocycles. The van der Waals surface area contributed by atoms with Gasteiger partial charge in [0.25, 0.3) is 0 Å². The second-order valence-electron chi connectivity index (χ2n) is 6.56. The zero-order valence-corrected chi connectivity index (χ0v) is 12.2. The SMILES string of the molecule is CC(C)CCNC(=O)C1(CCO)CC12CCOCC2. The average Bonchev–Trinajstić information content (AvgIpc) is 2.98. The van der Waals surface area contributed by atoms with Gasteiger partial charge in [0, 0.05) is 26.4 Å². The molecular formula is C15H27NO3. The lowest BCUT2D eigenvalue weighted by molar-refractivity contribution is -0.129. The third-order valence-corrected chi connectivity index (χ3v) is 4.96. The first-order valence-corrected chi connectivity index (χ1v) is 7.53. The largest absolute Gasteiger partial charge is 0.396 e. The van der Waals surface area contributed by atoms with Crippen LogP contribution in [0.15, 0.2) is 0 Å². The average molecular weight is 269 g/mol. The van der Waals surface area contributed by atoms with E-state index in [1.807, 2.05) is 0 Å². The van der Waals surface area contributed by atoms with Gasteiger partial charge in [0.15, 0.2) is 0 Å². The van der Waals surface area contributed by atoms with E-state index < -0.39 is 0 Å². The van der Waals surface area contributed by atoms with E-state index >= 15 is 0 Å². The van der Waals surface area contributed by atoms with Crippen molar-refractivity contribution in [1.29, 1.82) is 0 Å².